The van der Waals surface area contributed by atoms with E-state index in [9.17, 15) is 28.8 Å². The molecule has 0 aromatic heterocycles. The first-order valence-corrected chi connectivity index (χ1v) is 8.03. The standard InChI is InChI=1S/3C6H10O2.Fe/c3*1-3-6(8)4-5(2)7;/h3*3-4H2,1-2H3;/q;;;+3. The van der Waals surface area contributed by atoms with Crippen LogP contribution in [-0.2, 0) is 45.8 Å². The van der Waals surface area contributed by atoms with Crippen LogP contribution < -0.4 is 0 Å². The van der Waals surface area contributed by atoms with Crippen LogP contribution in [0.25, 0.3) is 0 Å². The van der Waals surface area contributed by atoms with Crippen LogP contribution in [0.5, 0.6) is 0 Å². The molecule has 0 heterocycles. The molecule has 143 valence electrons. The average Bonchev–Trinajstić information content (AvgIpc) is 2.46. The molecule has 25 heavy (non-hydrogen) atoms. The number of carbonyl (C=O) groups excluding carboxylic acids is 6. The molecule has 0 fully saturated rings. The van der Waals surface area contributed by atoms with Crippen molar-refractivity contribution in [2.24, 2.45) is 0 Å². The maximum absolute atomic E-state index is 10.4. The van der Waals surface area contributed by atoms with Crippen molar-refractivity contribution >= 4 is 34.7 Å². The van der Waals surface area contributed by atoms with Gasteiger partial charge in [-0.3, -0.25) is 28.8 Å². The number of Topliss-reactive ketones (excluding diaryl/α,β-unsaturated/α-hetero) is 6. The van der Waals surface area contributed by atoms with E-state index in [1.54, 1.807) is 20.8 Å². The fraction of sp³-hybridized carbons (Fsp3) is 0.667. The molecule has 0 bridgehead atoms. The molecule has 0 aliphatic heterocycles. The van der Waals surface area contributed by atoms with Gasteiger partial charge in [0, 0.05) is 19.3 Å². The Labute approximate surface area is 161 Å². The van der Waals surface area contributed by atoms with Gasteiger partial charge in [-0.15, -0.1) is 0 Å². The van der Waals surface area contributed by atoms with Crippen molar-refractivity contribution in [1.82, 2.24) is 0 Å². The van der Waals surface area contributed by atoms with E-state index in [0.29, 0.717) is 19.3 Å². The van der Waals surface area contributed by atoms with Gasteiger partial charge in [0.2, 0.25) is 0 Å². The quantitative estimate of drug-likeness (QED) is 0.437. The summed E-state index contributed by atoms with van der Waals surface area (Å²) in [6, 6.07) is 0. The third kappa shape index (κ3) is 34.8. The van der Waals surface area contributed by atoms with Gasteiger partial charge in [-0.05, 0) is 20.8 Å². The molecule has 0 aliphatic carbocycles. The second-order valence-electron chi connectivity index (χ2n) is 5.31. The summed E-state index contributed by atoms with van der Waals surface area (Å²) in [4.78, 5) is 61.8. The van der Waals surface area contributed by atoms with Gasteiger partial charge < -0.3 is 0 Å². The molecule has 7 heteroatoms. The summed E-state index contributed by atoms with van der Waals surface area (Å²) in [6.07, 6.45) is 1.74. The number of hydrogen-bond acceptors (Lipinski definition) is 6. The summed E-state index contributed by atoms with van der Waals surface area (Å²) < 4.78 is 0. The molecule has 0 aromatic carbocycles. The SMILES string of the molecule is CCC(=O)CC(C)=O.CCC(=O)CC(C)=O.CCC(=O)CC(C)=O.[Fe+3]. The van der Waals surface area contributed by atoms with Crippen LogP contribution in [0.2, 0.25) is 0 Å². The van der Waals surface area contributed by atoms with Crippen LogP contribution in [0.1, 0.15) is 80.1 Å². The molecule has 0 unspecified atom stereocenters. The fourth-order valence-electron chi connectivity index (χ4n) is 1.21. The molecule has 0 saturated carbocycles. The average molecular weight is 398 g/mol. The summed E-state index contributed by atoms with van der Waals surface area (Å²) >= 11 is 0. The molecule has 0 aliphatic rings. The normalized spacial score (nSPS) is 8.40. The Balaban J connectivity index is -0.000000130. The van der Waals surface area contributed by atoms with E-state index in [1.165, 1.54) is 20.8 Å². The van der Waals surface area contributed by atoms with Gasteiger partial charge >= 0.3 is 17.1 Å². The second kappa shape index (κ2) is 20.6. The minimum atomic E-state index is -0.0446. The molecule has 0 spiro atoms. The Morgan fingerprint density at radius 2 is 0.640 bits per heavy atom. The van der Waals surface area contributed by atoms with Crippen molar-refractivity contribution in [3.8, 4) is 0 Å². The third-order valence-electron chi connectivity index (χ3n) is 2.52. The van der Waals surface area contributed by atoms with E-state index in [0.717, 1.165) is 0 Å². The first kappa shape index (κ1) is 31.3. The molecule has 0 amide bonds. The third-order valence-corrected chi connectivity index (χ3v) is 2.52. The number of carbonyl (C=O) groups is 6. The zero-order chi connectivity index (χ0) is 19.7. The van der Waals surface area contributed by atoms with Crippen molar-refractivity contribution in [2.45, 2.75) is 80.1 Å². The predicted molar refractivity (Wildman–Crippen MR) is 91.8 cm³/mol. The summed E-state index contributed by atoms with van der Waals surface area (Å²) in [5.41, 5.74) is 0. The molecule has 0 N–H and O–H groups in total. The van der Waals surface area contributed by atoms with Crippen molar-refractivity contribution in [2.75, 3.05) is 0 Å². The summed E-state index contributed by atoms with van der Waals surface area (Å²) in [7, 11) is 0. The molecule has 1 radical (unpaired) electrons. The second-order valence-corrected chi connectivity index (χ2v) is 5.31. The van der Waals surface area contributed by atoms with Gasteiger partial charge in [-0.25, -0.2) is 0 Å². The monoisotopic (exact) mass is 398 g/mol. The summed E-state index contributed by atoms with van der Waals surface area (Å²) in [6.45, 7) is 9.54. The van der Waals surface area contributed by atoms with E-state index in [4.69, 9.17) is 0 Å². The van der Waals surface area contributed by atoms with Crippen LogP contribution in [-0.4, -0.2) is 34.7 Å². The molecular weight excluding hydrogens is 368 g/mol. The fourth-order valence-corrected chi connectivity index (χ4v) is 1.21. The molecule has 0 aromatic rings. The number of rotatable bonds is 9. The first-order chi connectivity index (χ1) is 11.0. The molecule has 0 rings (SSSR count). The Morgan fingerprint density at radius 1 is 0.480 bits per heavy atom. The number of ketones is 6. The van der Waals surface area contributed by atoms with Gasteiger partial charge in [0.1, 0.15) is 34.7 Å². The molecule has 0 atom stereocenters. The van der Waals surface area contributed by atoms with E-state index in [1.807, 2.05) is 0 Å². The summed E-state index contributed by atoms with van der Waals surface area (Å²) in [5.74, 6) is -0.0574. The predicted octanol–water partition coefficient (Wildman–Crippen LogP) is 2.83. The maximum Gasteiger partial charge on any atom is 3.00 e. The minimum Gasteiger partial charge on any atom is -0.300 e. The van der Waals surface area contributed by atoms with E-state index in [-0.39, 0.29) is 71.0 Å². The van der Waals surface area contributed by atoms with Crippen LogP contribution in [0, 0.1) is 0 Å². The Hall–Kier alpha value is -1.46. The minimum absolute atomic E-state index is 0. The first-order valence-electron chi connectivity index (χ1n) is 8.03. The van der Waals surface area contributed by atoms with Gasteiger partial charge in [-0.2, -0.15) is 0 Å². The van der Waals surface area contributed by atoms with Crippen LogP contribution >= 0.6 is 0 Å². The van der Waals surface area contributed by atoms with E-state index in [2.05, 4.69) is 0 Å². The van der Waals surface area contributed by atoms with Crippen molar-refractivity contribution < 1.29 is 45.8 Å². The van der Waals surface area contributed by atoms with Crippen molar-refractivity contribution in [1.29, 1.82) is 0 Å². The molecule has 0 saturated heterocycles. The van der Waals surface area contributed by atoms with Gasteiger partial charge in [0.05, 0.1) is 19.3 Å². The van der Waals surface area contributed by atoms with Crippen molar-refractivity contribution in [3.05, 3.63) is 0 Å². The van der Waals surface area contributed by atoms with E-state index < -0.39 is 0 Å². The molecule has 6 nitrogen and oxygen atoms in total. The van der Waals surface area contributed by atoms with Gasteiger partial charge in [0.25, 0.3) is 0 Å². The topological polar surface area (TPSA) is 102 Å². The Morgan fingerprint density at radius 3 is 0.680 bits per heavy atom. The zero-order valence-corrected chi connectivity index (χ0v) is 17.1. The molecular formula is C18H30FeO6+3. The Bertz CT molecular complexity index is 388. The van der Waals surface area contributed by atoms with Crippen LogP contribution in [0.15, 0.2) is 0 Å². The van der Waals surface area contributed by atoms with Crippen molar-refractivity contribution in [3.63, 3.8) is 0 Å². The van der Waals surface area contributed by atoms with Crippen LogP contribution in [0.4, 0.5) is 0 Å². The Kier molecular flexibility index (Phi) is 25.8. The smallest absolute Gasteiger partial charge is 0.300 e. The maximum atomic E-state index is 10.4. The van der Waals surface area contributed by atoms with Gasteiger partial charge in [0.15, 0.2) is 0 Å². The largest absolute Gasteiger partial charge is 3.00 e. The summed E-state index contributed by atoms with van der Waals surface area (Å²) in [5, 5.41) is 0. The van der Waals surface area contributed by atoms with E-state index >= 15 is 0 Å². The number of hydrogen-bond donors (Lipinski definition) is 0. The van der Waals surface area contributed by atoms with Crippen LogP contribution in [0.3, 0.4) is 0 Å². The zero-order valence-electron chi connectivity index (χ0n) is 16.0. The van der Waals surface area contributed by atoms with Gasteiger partial charge in [-0.1, -0.05) is 20.8 Å².